The van der Waals surface area contributed by atoms with Gasteiger partial charge in [-0.15, -0.1) is 11.8 Å². The van der Waals surface area contributed by atoms with Crippen LogP contribution in [0, 0.1) is 5.92 Å². The number of amides is 2. The molecular weight excluding hydrogens is 470 g/mol. The average molecular weight is 500 g/mol. The van der Waals surface area contributed by atoms with Crippen molar-refractivity contribution in [2.45, 2.75) is 30.7 Å². The molecule has 0 radical (unpaired) electrons. The Hall–Kier alpha value is -3.58. The number of aromatic nitrogens is 1. The highest BCUT2D eigenvalue weighted by Gasteiger charge is 2.25. The van der Waals surface area contributed by atoms with E-state index in [2.05, 4.69) is 34.6 Å². The van der Waals surface area contributed by atoms with Crippen LogP contribution in [0.15, 0.2) is 82.1 Å². The van der Waals surface area contributed by atoms with Crippen molar-refractivity contribution in [1.29, 1.82) is 0 Å². The van der Waals surface area contributed by atoms with Crippen LogP contribution in [0.5, 0.6) is 0 Å². The van der Waals surface area contributed by atoms with Crippen LogP contribution in [0.25, 0.3) is 22.6 Å². The first-order valence-corrected chi connectivity index (χ1v) is 13.5. The van der Waals surface area contributed by atoms with Gasteiger partial charge in [0.25, 0.3) is 5.91 Å². The molecule has 4 aromatic rings. The molecular formula is C29H29N3O3S. The van der Waals surface area contributed by atoms with E-state index in [1.165, 1.54) is 4.90 Å². The van der Waals surface area contributed by atoms with Gasteiger partial charge in [-0.05, 0) is 73.0 Å². The number of rotatable bonds is 7. The van der Waals surface area contributed by atoms with E-state index in [4.69, 9.17) is 4.42 Å². The summed E-state index contributed by atoms with van der Waals surface area (Å²) in [5, 5.41) is 3.03. The minimum absolute atomic E-state index is 0.00819. The lowest BCUT2D eigenvalue weighted by Crippen LogP contribution is -2.39. The molecule has 0 atom stereocenters. The molecule has 2 amide bonds. The fraction of sp³-hybridized carbons (Fsp3) is 0.276. The Balaban J connectivity index is 1.13. The first-order chi connectivity index (χ1) is 17.6. The van der Waals surface area contributed by atoms with Crippen LogP contribution in [0.2, 0.25) is 0 Å². The Kier molecular flexibility index (Phi) is 7.37. The van der Waals surface area contributed by atoms with E-state index in [0.717, 1.165) is 29.5 Å². The van der Waals surface area contributed by atoms with Gasteiger partial charge >= 0.3 is 0 Å². The molecule has 0 spiro atoms. The van der Waals surface area contributed by atoms with Crippen LogP contribution in [0.4, 0.5) is 0 Å². The molecule has 0 saturated carbocycles. The Morgan fingerprint density at radius 1 is 1.03 bits per heavy atom. The van der Waals surface area contributed by atoms with Gasteiger partial charge in [0.15, 0.2) is 5.58 Å². The smallest absolute Gasteiger partial charge is 0.253 e. The van der Waals surface area contributed by atoms with Crippen molar-refractivity contribution in [3.05, 3.63) is 83.9 Å². The highest BCUT2D eigenvalue weighted by molar-refractivity contribution is 7.98. The number of nitrogens with one attached hydrogen (secondary N) is 1. The van der Waals surface area contributed by atoms with Crippen molar-refractivity contribution in [1.82, 2.24) is 15.2 Å². The van der Waals surface area contributed by atoms with Crippen LogP contribution >= 0.6 is 11.8 Å². The molecule has 184 valence electrons. The largest absolute Gasteiger partial charge is 0.436 e. The number of hydrogen-bond acceptors (Lipinski definition) is 5. The third-order valence-corrected chi connectivity index (χ3v) is 7.42. The fourth-order valence-corrected chi connectivity index (χ4v) is 4.97. The maximum Gasteiger partial charge on any atom is 0.253 e. The fourth-order valence-electron chi connectivity index (χ4n) is 4.56. The number of fused-ring (bicyclic) bond motifs is 1. The lowest BCUT2D eigenvalue weighted by atomic mass is 9.92. The van der Waals surface area contributed by atoms with E-state index < -0.39 is 0 Å². The number of hydrogen-bond donors (Lipinski definition) is 1. The summed E-state index contributed by atoms with van der Waals surface area (Å²) in [4.78, 5) is 33.2. The molecule has 36 heavy (non-hydrogen) atoms. The number of carbonyl (C=O) groups is 2. The van der Waals surface area contributed by atoms with Crippen LogP contribution in [-0.4, -0.2) is 41.0 Å². The molecule has 1 aliphatic heterocycles. The van der Waals surface area contributed by atoms with Gasteiger partial charge in [-0.25, -0.2) is 4.98 Å². The van der Waals surface area contributed by atoms with Crippen LogP contribution < -0.4 is 5.32 Å². The molecule has 3 aromatic carbocycles. The minimum atomic E-state index is -0.00819. The number of nitrogens with zero attached hydrogens (tertiary/aromatic N) is 2. The lowest BCUT2D eigenvalue weighted by Gasteiger charge is -2.31. The van der Waals surface area contributed by atoms with E-state index in [1.54, 1.807) is 17.8 Å². The van der Waals surface area contributed by atoms with Gasteiger partial charge in [-0.3, -0.25) is 9.59 Å². The summed E-state index contributed by atoms with van der Waals surface area (Å²) in [5.74, 6) is 0.897. The minimum Gasteiger partial charge on any atom is -0.436 e. The molecule has 6 nitrogen and oxygen atoms in total. The third kappa shape index (κ3) is 5.62. The molecule has 1 N–H and O–H groups in total. The van der Waals surface area contributed by atoms with Gasteiger partial charge in [0.05, 0.1) is 0 Å². The van der Waals surface area contributed by atoms with Gasteiger partial charge < -0.3 is 14.6 Å². The Morgan fingerprint density at radius 2 is 1.78 bits per heavy atom. The summed E-state index contributed by atoms with van der Waals surface area (Å²) in [6, 6.07) is 23.4. The summed E-state index contributed by atoms with van der Waals surface area (Å²) in [7, 11) is 0. The topological polar surface area (TPSA) is 75.4 Å². The molecule has 0 unspecified atom stereocenters. The average Bonchev–Trinajstić information content (AvgIpc) is 3.36. The summed E-state index contributed by atoms with van der Waals surface area (Å²) < 4.78 is 5.93. The number of carbonyl (C=O) groups excluding carboxylic acids is 2. The van der Waals surface area contributed by atoms with E-state index in [-0.39, 0.29) is 17.7 Å². The maximum atomic E-state index is 13.1. The molecule has 1 saturated heterocycles. The highest BCUT2D eigenvalue weighted by Crippen LogP contribution is 2.27. The maximum absolute atomic E-state index is 13.1. The van der Waals surface area contributed by atoms with Gasteiger partial charge in [-0.2, -0.15) is 0 Å². The lowest BCUT2D eigenvalue weighted by molar-refractivity contribution is -0.122. The van der Waals surface area contributed by atoms with E-state index in [9.17, 15) is 9.59 Å². The Morgan fingerprint density at radius 3 is 2.50 bits per heavy atom. The standard InChI is InChI=1S/C29H29N3O3S/c1-36-24-10-7-21(8-11-24)19-30-27(33)17-20-13-15-32(16-14-20)29(34)23-9-12-25-26(18-23)35-28(31-25)22-5-3-2-4-6-22/h2-12,18,20H,13-17,19H2,1H3,(H,30,33). The number of piperidine rings is 1. The zero-order chi connectivity index (χ0) is 24.9. The molecule has 1 aliphatic rings. The zero-order valence-corrected chi connectivity index (χ0v) is 21.1. The van der Waals surface area contributed by atoms with Crippen LogP contribution in [0.1, 0.15) is 35.2 Å². The SMILES string of the molecule is CSc1ccc(CNC(=O)CC2CCN(C(=O)c3ccc4nc(-c5ccccc5)oc4c3)CC2)cc1. The first kappa shape index (κ1) is 24.1. The molecule has 5 rings (SSSR count). The van der Waals surface area contributed by atoms with Gasteiger partial charge in [0.2, 0.25) is 11.8 Å². The highest BCUT2D eigenvalue weighted by atomic mass is 32.2. The molecule has 0 bridgehead atoms. The summed E-state index contributed by atoms with van der Waals surface area (Å²) in [6.07, 6.45) is 4.19. The monoisotopic (exact) mass is 499 g/mol. The predicted octanol–water partition coefficient (Wildman–Crippen LogP) is 5.78. The molecule has 1 fully saturated rings. The third-order valence-electron chi connectivity index (χ3n) is 6.68. The van der Waals surface area contributed by atoms with Crippen LogP contribution in [0.3, 0.4) is 0 Å². The number of oxazole rings is 1. The first-order valence-electron chi connectivity index (χ1n) is 12.2. The molecule has 0 aliphatic carbocycles. The van der Waals surface area contributed by atoms with Crippen LogP contribution in [-0.2, 0) is 11.3 Å². The van der Waals surface area contributed by atoms with Crippen molar-refractivity contribution < 1.29 is 14.0 Å². The van der Waals surface area contributed by atoms with E-state index >= 15 is 0 Å². The molecule has 7 heteroatoms. The van der Waals surface area contributed by atoms with Crippen molar-refractivity contribution in [2.75, 3.05) is 19.3 Å². The quantitative estimate of drug-likeness (QED) is 0.327. The van der Waals surface area contributed by atoms with Gasteiger partial charge in [0, 0.05) is 42.1 Å². The zero-order valence-electron chi connectivity index (χ0n) is 20.3. The second-order valence-corrected chi connectivity index (χ2v) is 10.0. The Bertz CT molecular complexity index is 1340. The second kappa shape index (κ2) is 11.0. The summed E-state index contributed by atoms with van der Waals surface area (Å²) in [5.41, 5.74) is 3.94. The summed E-state index contributed by atoms with van der Waals surface area (Å²) in [6.45, 7) is 1.84. The number of thioether (sulfide) groups is 1. The van der Waals surface area contributed by atoms with Gasteiger partial charge in [0.1, 0.15) is 5.52 Å². The normalized spacial score (nSPS) is 14.2. The van der Waals surface area contributed by atoms with Crippen molar-refractivity contribution in [3.63, 3.8) is 0 Å². The van der Waals surface area contributed by atoms with Crippen molar-refractivity contribution in [3.8, 4) is 11.5 Å². The Labute approximate surface area is 215 Å². The number of likely N-dealkylation sites (tertiary alicyclic amines) is 1. The molecule has 2 heterocycles. The van der Waals surface area contributed by atoms with E-state index in [1.807, 2.05) is 53.6 Å². The molecule has 1 aromatic heterocycles. The predicted molar refractivity (Wildman–Crippen MR) is 143 cm³/mol. The van der Waals surface area contributed by atoms with Gasteiger partial charge in [-0.1, -0.05) is 30.3 Å². The van der Waals surface area contributed by atoms with Crippen molar-refractivity contribution in [2.24, 2.45) is 5.92 Å². The number of benzene rings is 3. The second-order valence-electron chi connectivity index (χ2n) is 9.13. The van der Waals surface area contributed by atoms with E-state index in [0.29, 0.717) is 43.1 Å². The summed E-state index contributed by atoms with van der Waals surface area (Å²) >= 11 is 1.70. The van der Waals surface area contributed by atoms with Crippen molar-refractivity contribution >= 4 is 34.7 Å².